The third-order valence-corrected chi connectivity index (χ3v) is 5.43. The van der Waals surface area contributed by atoms with Gasteiger partial charge in [0.1, 0.15) is 0 Å². The topological polar surface area (TPSA) is 66.7 Å². The first kappa shape index (κ1) is 25.2. The van der Waals surface area contributed by atoms with Gasteiger partial charge in [-0.1, -0.05) is 26.7 Å². The number of morpholine rings is 1. The molecule has 1 fully saturated rings. The number of ether oxygens (including phenoxy) is 1. The summed E-state index contributed by atoms with van der Waals surface area (Å²) in [6.45, 7) is 13.1. The lowest BCUT2D eigenvalue weighted by atomic mass is 9.92. The highest BCUT2D eigenvalue weighted by atomic mass is 127. The number of nitrogens with zero attached hydrogens (tertiary/aromatic N) is 4. The van der Waals surface area contributed by atoms with E-state index in [0.29, 0.717) is 12.0 Å². The van der Waals surface area contributed by atoms with Crippen molar-refractivity contribution in [3.63, 3.8) is 0 Å². The van der Waals surface area contributed by atoms with Crippen LogP contribution in [0.1, 0.15) is 38.7 Å². The van der Waals surface area contributed by atoms with E-state index in [0.717, 1.165) is 58.3 Å². The molecule has 28 heavy (non-hydrogen) atoms. The van der Waals surface area contributed by atoms with E-state index in [2.05, 4.69) is 52.6 Å². The van der Waals surface area contributed by atoms with Crippen molar-refractivity contribution >= 4 is 29.9 Å². The molecule has 8 heteroatoms. The Balaban J connectivity index is 0.00000392. The Labute approximate surface area is 187 Å². The minimum Gasteiger partial charge on any atom is -0.379 e. The molecule has 1 aromatic heterocycles. The van der Waals surface area contributed by atoms with Gasteiger partial charge in [-0.05, 0) is 24.8 Å². The summed E-state index contributed by atoms with van der Waals surface area (Å²) >= 11 is 0. The third kappa shape index (κ3) is 8.24. The average Bonchev–Trinajstić information content (AvgIpc) is 3.12. The molecular weight excluding hydrogens is 467 g/mol. The van der Waals surface area contributed by atoms with Crippen molar-refractivity contribution in [1.29, 1.82) is 0 Å². The maximum atomic E-state index is 5.54. The summed E-state index contributed by atoms with van der Waals surface area (Å²) in [4.78, 5) is 6.98. The molecule has 0 bridgehead atoms. The van der Waals surface area contributed by atoms with Gasteiger partial charge in [-0.15, -0.1) is 24.0 Å². The first-order valence-corrected chi connectivity index (χ1v) is 10.4. The lowest BCUT2D eigenvalue weighted by Gasteiger charge is -2.39. The molecule has 2 rings (SSSR count). The van der Waals surface area contributed by atoms with Crippen LogP contribution in [0, 0.1) is 12.8 Å². The van der Waals surface area contributed by atoms with Gasteiger partial charge >= 0.3 is 0 Å². The number of hydrogen-bond acceptors (Lipinski definition) is 4. The molecule has 1 aliphatic heterocycles. The van der Waals surface area contributed by atoms with Crippen LogP contribution in [0.5, 0.6) is 0 Å². The molecular formula is C20H39IN6O. The summed E-state index contributed by atoms with van der Waals surface area (Å²) in [6, 6.07) is 0.523. The maximum absolute atomic E-state index is 5.54. The van der Waals surface area contributed by atoms with Crippen LogP contribution in [-0.2, 0) is 11.3 Å². The van der Waals surface area contributed by atoms with E-state index in [1.54, 1.807) is 0 Å². The minimum atomic E-state index is 0. The Kier molecular flexibility index (Phi) is 12.7. The monoisotopic (exact) mass is 506 g/mol. The summed E-state index contributed by atoms with van der Waals surface area (Å²) in [5.74, 6) is 1.58. The summed E-state index contributed by atoms with van der Waals surface area (Å²) in [6.07, 6.45) is 7.40. The molecule has 0 aliphatic carbocycles. The fraction of sp³-hybridized carbons (Fsp3) is 0.800. The van der Waals surface area contributed by atoms with Gasteiger partial charge in [0.05, 0.1) is 19.4 Å². The molecule has 7 nitrogen and oxygen atoms in total. The van der Waals surface area contributed by atoms with E-state index in [1.165, 1.54) is 18.4 Å². The molecule has 1 aromatic rings. The molecule has 0 aromatic carbocycles. The van der Waals surface area contributed by atoms with Gasteiger partial charge in [-0.3, -0.25) is 14.6 Å². The molecule has 2 heterocycles. The molecule has 1 saturated heterocycles. The van der Waals surface area contributed by atoms with Gasteiger partial charge in [0.15, 0.2) is 5.96 Å². The molecule has 1 aliphatic rings. The van der Waals surface area contributed by atoms with Crippen LogP contribution in [0.2, 0.25) is 0 Å². The second-order valence-electron chi connectivity index (χ2n) is 7.31. The normalized spacial score (nSPS) is 16.7. The van der Waals surface area contributed by atoms with Crippen molar-refractivity contribution in [3.05, 3.63) is 18.0 Å². The predicted octanol–water partition coefficient (Wildman–Crippen LogP) is 2.50. The second kappa shape index (κ2) is 14.2. The zero-order valence-electron chi connectivity index (χ0n) is 18.0. The van der Waals surface area contributed by atoms with Crippen LogP contribution in [0.4, 0.5) is 0 Å². The molecule has 162 valence electrons. The summed E-state index contributed by atoms with van der Waals surface area (Å²) in [5, 5.41) is 11.3. The summed E-state index contributed by atoms with van der Waals surface area (Å²) in [5.41, 5.74) is 1.20. The lowest BCUT2D eigenvalue weighted by molar-refractivity contribution is 0.00272. The molecule has 0 spiro atoms. The summed E-state index contributed by atoms with van der Waals surface area (Å²) in [7, 11) is 1.84. The molecule has 2 N–H and O–H groups in total. The third-order valence-electron chi connectivity index (χ3n) is 5.43. The number of guanidine groups is 1. The van der Waals surface area contributed by atoms with E-state index >= 15 is 0 Å². The van der Waals surface area contributed by atoms with Crippen LogP contribution in [0.25, 0.3) is 0 Å². The highest BCUT2D eigenvalue weighted by Gasteiger charge is 2.26. The van der Waals surface area contributed by atoms with E-state index in [9.17, 15) is 0 Å². The second-order valence-corrected chi connectivity index (χ2v) is 7.31. The van der Waals surface area contributed by atoms with E-state index in [4.69, 9.17) is 4.74 Å². The smallest absolute Gasteiger partial charge is 0.191 e. The number of aryl methyl sites for hydroxylation is 2. The van der Waals surface area contributed by atoms with Crippen molar-refractivity contribution in [1.82, 2.24) is 25.3 Å². The van der Waals surface area contributed by atoms with Crippen molar-refractivity contribution < 1.29 is 4.74 Å². The Morgan fingerprint density at radius 3 is 2.54 bits per heavy atom. The van der Waals surface area contributed by atoms with Crippen molar-refractivity contribution in [2.45, 2.75) is 52.6 Å². The van der Waals surface area contributed by atoms with Gasteiger partial charge in [0.2, 0.25) is 0 Å². The van der Waals surface area contributed by atoms with Crippen molar-refractivity contribution in [2.24, 2.45) is 10.9 Å². The number of nitrogens with one attached hydrogen (secondary N) is 2. The number of aliphatic imine (C=N–C) groups is 1. The Morgan fingerprint density at radius 2 is 1.96 bits per heavy atom. The van der Waals surface area contributed by atoms with Gasteiger partial charge in [0, 0.05) is 52.0 Å². The number of rotatable bonds is 10. The highest BCUT2D eigenvalue weighted by Crippen LogP contribution is 2.19. The zero-order chi connectivity index (χ0) is 19.5. The maximum Gasteiger partial charge on any atom is 0.191 e. The first-order valence-electron chi connectivity index (χ1n) is 10.4. The molecule has 1 atom stereocenters. The molecule has 0 radical (unpaired) electrons. The zero-order valence-corrected chi connectivity index (χ0v) is 20.3. The molecule has 1 unspecified atom stereocenters. The quantitative estimate of drug-likeness (QED) is 0.221. The Bertz CT molecular complexity index is 555. The highest BCUT2D eigenvalue weighted by molar-refractivity contribution is 14.0. The van der Waals surface area contributed by atoms with Crippen molar-refractivity contribution in [3.8, 4) is 0 Å². The molecule has 0 amide bonds. The largest absolute Gasteiger partial charge is 0.379 e. The average molecular weight is 506 g/mol. The van der Waals surface area contributed by atoms with Crippen LogP contribution in [0.3, 0.4) is 0 Å². The first-order chi connectivity index (χ1) is 13.2. The van der Waals surface area contributed by atoms with Gasteiger partial charge in [-0.25, -0.2) is 0 Å². The van der Waals surface area contributed by atoms with Gasteiger partial charge in [-0.2, -0.15) is 5.10 Å². The fourth-order valence-electron chi connectivity index (χ4n) is 3.79. The SMILES string of the molecule is CCC(CC)C(CNC(=NC)NCCCn1cc(C)cn1)N1CCOCC1.I. The van der Waals surface area contributed by atoms with Crippen LogP contribution in [0.15, 0.2) is 17.4 Å². The number of hydrogen-bond donors (Lipinski definition) is 2. The van der Waals surface area contributed by atoms with Crippen molar-refractivity contribution in [2.75, 3.05) is 46.4 Å². The molecule has 0 saturated carbocycles. The minimum absolute atomic E-state index is 0. The summed E-state index contributed by atoms with van der Waals surface area (Å²) < 4.78 is 7.54. The fourth-order valence-corrected chi connectivity index (χ4v) is 3.79. The number of aromatic nitrogens is 2. The van der Waals surface area contributed by atoms with Gasteiger partial charge < -0.3 is 15.4 Å². The Hall–Kier alpha value is -0.870. The lowest BCUT2D eigenvalue weighted by Crippen LogP contribution is -2.53. The van der Waals surface area contributed by atoms with Gasteiger partial charge in [0.25, 0.3) is 0 Å². The Morgan fingerprint density at radius 1 is 1.25 bits per heavy atom. The van der Waals surface area contributed by atoms with E-state index in [1.807, 2.05) is 17.9 Å². The van der Waals surface area contributed by atoms with E-state index in [-0.39, 0.29) is 24.0 Å². The standard InChI is InChI=1S/C20H38N6O.HI/c1-5-18(6-2)19(25-10-12-27-13-11-25)15-23-20(21-4)22-8-7-9-26-16-17(3)14-24-26;/h14,16,18-19H,5-13,15H2,1-4H3,(H2,21,22,23);1H. The van der Waals surface area contributed by atoms with Crippen LogP contribution >= 0.6 is 24.0 Å². The van der Waals surface area contributed by atoms with Crippen LogP contribution in [-0.4, -0.2) is 73.1 Å². The van der Waals surface area contributed by atoms with E-state index < -0.39 is 0 Å². The van der Waals surface area contributed by atoms with Crippen LogP contribution < -0.4 is 10.6 Å². The predicted molar refractivity (Wildman–Crippen MR) is 127 cm³/mol. The number of halogens is 1.